The first-order valence-corrected chi connectivity index (χ1v) is 8.06. The fraction of sp³-hybridized carbons (Fsp3) is 0.500. The zero-order valence-electron chi connectivity index (χ0n) is 11.4. The van der Waals surface area contributed by atoms with Gasteiger partial charge >= 0.3 is 5.97 Å². The molecule has 0 bridgehead atoms. The van der Waals surface area contributed by atoms with E-state index in [9.17, 15) is 4.79 Å². The van der Waals surface area contributed by atoms with Gasteiger partial charge in [-0.15, -0.1) is 0 Å². The van der Waals surface area contributed by atoms with Crippen molar-refractivity contribution < 1.29 is 14.3 Å². The van der Waals surface area contributed by atoms with Crippen LogP contribution in [0.3, 0.4) is 0 Å². The van der Waals surface area contributed by atoms with Crippen molar-refractivity contribution in [1.29, 1.82) is 0 Å². The standard InChI is InChI=1S/C14H17Br2NO3/c1-8-3-4-10(20-8)7-17-13-11(14(18)19-2)5-9(15)6-12(13)16/h5-6,8,10,17H,3-4,7H2,1-2H3. The lowest BCUT2D eigenvalue weighted by Gasteiger charge is -2.17. The van der Waals surface area contributed by atoms with Crippen LogP contribution in [0, 0.1) is 0 Å². The number of hydrogen-bond donors (Lipinski definition) is 1. The maximum atomic E-state index is 11.9. The van der Waals surface area contributed by atoms with Gasteiger partial charge in [-0.3, -0.25) is 0 Å². The van der Waals surface area contributed by atoms with Crippen molar-refractivity contribution in [3.63, 3.8) is 0 Å². The average molecular weight is 407 g/mol. The molecule has 2 rings (SSSR count). The van der Waals surface area contributed by atoms with E-state index in [2.05, 4.69) is 44.1 Å². The van der Waals surface area contributed by atoms with E-state index in [1.54, 1.807) is 6.07 Å². The highest BCUT2D eigenvalue weighted by atomic mass is 79.9. The molecule has 20 heavy (non-hydrogen) atoms. The van der Waals surface area contributed by atoms with Gasteiger partial charge in [0.25, 0.3) is 0 Å². The highest BCUT2D eigenvalue weighted by Gasteiger charge is 2.23. The Bertz CT molecular complexity index is 507. The number of carbonyl (C=O) groups is 1. The fourth-order valence-electron chi connectivity index (χ4n) is 2.28. The number of anilines is 1. The Morgan fingerprint density at radius 1 is 1.45 bits per heavy atom. The van der Waals surface area contributed by atoms with Crippen molar-refractivity contribution in [2.45, 2.75) is 32.0 Å². The molecule has 6 heteroatoms. The number of esters is 1. The molecule has 1 saturated heterocycles. The first-order chi connectivity index (χ1) is 9.51. The molecular formula is C14H17Br2NO3. The summed E-state index contributed by atoms with van der Waals surface area (Å²) in [4.78, 5) is 11.9. The van der Waals surface area contributed by atoms with Crippen LogP contribution in [0.15, 0.2) is 21.1 Å². The van der Waals surface area contributed by atoms with Gasteiger partial charge in [-0.05, 0) is 47.8 Å². The van der Waals surface area contributed by atoms with Crippen molar-refractivity contribution in [1.82, 2.24) is 0 Å². The van der Waals surface area contributed by atoms with Crippen LogP contribution in [0.25, 0.3) is 0 Å². The highest BCUT2D eigenvalue weighted by molar-refractivity contribution is 9.11. The van der Waals surface area contributed by atoms with Crippen LogP contribution in [-0.4, -0.2) is 31.8 Å². The number of benzene rings is 1. The fourth-order valence-corrected chi connectivity index (χ4v) is 3.64. The molecule has 0 spiro atoms. The second kappa shape index (κ2) is 6.91. The van der Waals surface area contributed by atoms with Crippen molar-refractivity contribution in [2.24, 2.45) is 0 Å². The highest BCUT2D eigenvalue weighted by Crippen LogP contribution is 2.32. The summed E-state index contributed by atoms with van der Waals surface area (Å²) in [7, 11) is 1.38. The van der Waals surface area contributed by atoms with Gasteiger partial charge in [0.2, 0.25) is 0 Å². The van der Waals surface area contributed by atoms with E-state index in [-0.39, 0.29) is 12.1 Å². The smallest absolute Gasteiger partial charge is 0.340 e. The third-order valence-corrected chi connectivity index (χ3v) is 4.37. The predicted molar refractivity (Wildman–Crippen MR) is 85.2 cm³/mol. The van der Waals surface area contributed by atoms with Gasteiger partial charge in [0.05, 0.1) is 30.6 Å². The van der Waals surface area contributed by atoms with Crippen molar-refractivity contribution >= 4 is 43.5 Å². The normalized spacial score (nSPS) is 21.8. The van der Waals surface area contributed by atoms with Crippen LogP contribution in [0.2, 0.25) is 0 Å². The lowest BCUT2D eigenvalue weighted by atomic mass is 10.1. The first kappa shape index (κ1) is 15.8. The largest absolute Gasteiger partial charge is 0.465 e. The summed E-state index contributed by atoms with van der Waals surface area (Å²) >= 11 is 6.86. The molecule has 0 aromatic heterocycles. The Labute approximate surface area is 135 Å². The molecular weight excluding hydrogens is 390 g/mol. The molecule has 0 radical (unpaired) electrons. The first-order valence-electron chi connectivity index (χ1n) is 6.48. The maximum Gasteiger partial charge on any atom is 0.340 e. The molecule has 1 N–H and O–H groups in total. The van der Waals surface area contributed by atoms with E-state index in [0.29, 0.717) is 18.2 Å². The van der Waals surface area contributed by atoms with Gasteiger partial charge in [0.1, 0.15) is 0 Å². The summed E-state index contributed by atoms with van der Waals surface area (Å²) in [6.07, 6.45) is 2.62. The molecule has 1 aromatic carbocycles. The number of ether oxygens (including phenoxy) is 2. The Morgan fingerprint density at radius 3 is 2.80 bits per heavy atom. The van der Waals surface area contributed by atoms with Gasteiger partial charge < -0.3 is 14.8 Å². The summed E-state index contributed by atoms with van der Waals surface area (Å²) < 4.78 is 12.2. The molecule has 1 aliphatic rings. The van der Waals surface area contributed by atoms with Crippen molar-refractivity contribution in [2.75, 3.05) is 19.0 Å². The number of hydrogen-bond acceptors (Lipinski definition) is 4. The van der Waals surface area contributed by atoms with E-state index < -0.39 is 0 Å². The van der Waals surface area contributed by atoms with Gasteiger partial charge in [-0.25, -0.2) is 4.79 Å². The Balaban J connectivity index is 2.15. The monoisotopic (exact) mass is 405 g/mol. The average Bonchev–Trinajstić information content (AvgIpc) is 2.81. The minimum Gasteiger partial charge on any atom is -0.465 e. The van der Waals surface area contributed by atoms with Gasteiger partial charge in [-0.2, -0.15) is 0 Å². The number of methoxy groups -OCH3 is 1. The summed E-state index contributed by atoms with van der Waals surface area (Å²) in [6.45, 7) is 2.75. The van der Waals surface area contributed by atoms with E-state index in [4.69, 9.17) is 9.47 Å². The SMILES string of the molecule is COC(=O)c1cc(Br)cc(Br)c1NCC1CCC(C)O1. The second-order valence-corrected chi connectivity index (χ2v) is 6.60. The van der Waals surface area contributed by atoms with Gasteiger partial charge in [0, 0.05) is 15.5 Å². The molecule has 1 heterocycles. The van der Waals surface area contributed by atoms with E-state index in [0.717, 1.165) is 27.5 Å². The molecule has 0 amide bonds. The molecule has 1 fully saturated rings. The van der Waals surface area contributed by atoms with E-state index in [1.165, 1.54) is 7.11 Å². The van der Waals surface area contributed by atoms with Crippen LogP contribution in [-0.2, 0) is 9.47 Å². The number of rotatable bonds is 4. The molecule has 1 aromatic rings. The minimum absolute atomic E-state index is 0.186. The summed E-state index contributed by atoms with van der Waals surface area (Å²) in [6, 6.07) is 3.64. The second-order valence-electron chi connectivity index (χ2n) is 4.83. The molecule has 1 aliphatic heterocycles. The number of nitrogens with one attached hydrogen (secondary N) is 1. The zero-order valence-corrected chi connectivity index (χ0v) is 14.6. The quantitative estimate of drug-likeness (QED) is 0.768. The zero-order chi connectivity index (χ0) is 14.7. The minimum atomic E-state index is -0.366. The van der Waals surface area contributed by atoms with E-state index >= 15 is 0 Å². The summed E-state index contributed by atoms with van der Waals surface area (Å²) in [5.74, 6) is -0.366. The lowest BCUT2D eigenvalue weighted by Crippen LogP contribution is -2.21. The third kappa shape index (κ3) is 3.74. The molecule has 2 unspecified atom stereocenters. The molecule has 0 saturated carbocycles. The molecule has 2 atom stereocenters. The summed E-state index contributed by atoms with van der Waals surface area (Å²) in [5.41, 5.74) is 1.24. The van der Waals surface area contributed by atoms with Crippen LogP contribution >= 0.6 is 31.9 Å². The molecule has 4 nitrogen and oxygen atoms in total. The summed E-state index contributed by atoms with van der Waals surface area (Å²) in [5, 5.41) is 3.29. The van der Waals surface area contributed by atoms with Crippen LogP contribution in [0.4, 0.5) is 5.69 Å². The Kier molecular flexibility index (Phi) is 5.46. The number of carbonyl (C=O) groups excluding carboxylic acids is 1. The molecule has 110 valence electrons. The van der Waals surface area contributed by atoms with Gasteiger partial charge in [0.15, 0.2) is 0 Å². The molecule has 0 aliphatic carbocycles. The Morgan fingerprint density at radius 2 is 2.20 bits per heavy atom. The lowest BCUT2D eigenvalue weighted by molar-refractivity contribution is 0.0596. The van der Waals surface area contributed by atoms with Gasteiger partial charge in [-0.1, -0.05) is 15.9 Å². The van der Waals surface area contributed by atoms with Crippen molar-refractivity contribution in [3.8, 4) is 0 Å². The van der Waals surface area contributed by atoms with E-state index in [1.807, 2.05) is 6.07 Å². The van der Waals surface area contributed by atoms with Crippen LogP contribution < -0.4 is 5.32 Å². The topological polar surface area (TPSA) is 47.6 Å². The predicted octanol–water partition coefficient (Wildman–Crippen LogP) is 3.98. The van der Waals surface area contributed by atoms with Crippen LogP contribution in [0.5, 0.6) is 0 Å². The third-order valence-electron chi connectivity index (χ3n) is 3.29. The van der Waals surface area contributed by atoms with Crippen molar-refractivity contribution in [3.05, 3.63) is 26.6 Å². The maximum absolute atomic E-state index is 11.9. The Hall–Kier alpha value is -0.590. The van der Waals surface area contributed by atoms with Crippen LogP contribution in [0.1, 0.15) is 30.1 Å². The number of halogens is 2.